The second-order valence-corrected chi connectivity index (χ2v) is 18.7. The van der Waals surface area contributed by atoms with E-state index in [0.29, 0.717) is 48.9 Å². The lowest BCUT2D eigenvalue weighted by atomic mass is 9.71. The smallest absolute Gasteiger partial charge is 0.375 e. The van der Waals surface area contributed by atoms with Gasteiger partial charge < -0.3 is 59.1 Å². The number of aliphatic hydroxyl groups is 5. The third kappa shape index (κ3) is 9.00. The molecule has 0 bridgehead atoms. The lowest BCUT2D eigenvalue weighted by Gasteiger charge is -2.46. The van der Waals surface area contributed by atoms with Crippen LogP contribution in [0, 0.1) is 11.8 Å². The van der Waals surface area contributed by atoms with E-state index in [9.17, 15) is 39.9 Å². The SMILES string of the molecule is CCOC(=O)C1=C(C=O)C(=C2C[C@H](CO)C(=O)[C@@H](c3ccc4[nH]ccc4c3)C2)c2c(c(CO)c3c(c2O[C@@H]2CCCC(O)(O)C2)C[C@@H]([C@](C)(O)[C@@H]2CCN(CCCOC)[C@H](CC)C2)O3)O1. The number of H-pyrrole nitrogens is 1. The number of hydrogen-bond donors (Lipinski definition) is 6. The van der Waals surface area contributed by atoms with Crippen molar-refractivity contribution >= 4 is 34.5 Å². The number of carbonyl (C=O) groups excluding carboxylic acids is 3. The van der Waals surface area contributed by atoms with Gasteiger partial charge in [-0.05, 0) is 107 Å². The number of ketones is 1. The molecule has 2 aromatic carbocycles. The summed E-state index contributed by atoms with van der Waals surface area (Å²) < 4.78 is 31.0. The van der Waals surface area contributed by atoms with Crippen LogP contribution in [0.4, 0.5) is 0 Å². The van der Waals surface area contributed by atoms with E-state index in [1.165, 1.54) is 0 Å². The van der Waals surface area contributed by atoms with Crippen LogP contribution < -0.4 is 14.2 Å². The van der Waals surface area contributed by atoms with Crippen LogP contribution >= 0.6 is 0 Å². The van der Waals surface area contributed by atoms with Gasteiger partial charge in [0.25, 0.3) is 0 Å². The third-order valence-electron chi connectivity index (χ3n) is 14.7. The monoisotopic (exact) mass is 900 g/mol. The van der Waals surface area contributed by atoms with Crippen molar-refractivity contribution < 1.29 is 63.6 Å². The van der Waals surface area contributed by atoms with Gasteiger partial charge in [-0.3, -0.25) is 9.59 Å². The summed E-state index contributed by atoms with van der Waals surface area (Å²) in [4.78, 5) is 47.3. The zero-order valence-corrected chi connectivity index (χ0v) is 37.9. The fourth-order valence-corrected chi connectivity index (χ4v) is 11.2. The first-order chi connectivity index (χ1) is 31.3. The number of nitrogens with zero attached hydrogens (tertiary/aromatic N) is 1. The molecule has 3 fully saturated rings. The van der Waals surface area contributed by atoms with Gasteiger partial charge in [-0.2, -0.15) is 0 Å². The van der Waals surface area contributed by atoms with Crippen LogP contribution in [0.5, 0.6) is 17.2 Å². The van der Waals surface area contributed by atoms with Crippen molar-refractivity contribution in [3.63, 3.8) is 0 Å². The number of hydrogen-bond acceptors (Lipinski definition) is 14. The Bertz CT molecular complexity index is 2350. The minimum atomic E-state index is -2.01. The predicted molar refractivity (Wildman–Crippen MR) is 239 cm³/mol. The Morgan fingerprint density at radius 1 is 1.11 bits per heavy atom. The van der Waals surface area contributed by atoms with E-state index in [0.717, 1.165) is 43.3 Å². The number of benzene rings is 2. The Labute approximate surface area is 379 Å². The van der Waals surface area contributed by atoms with Crippen molar-refractivity contribution in [3.05, 3.63) is 69.6 Å². The molecule has 3 aromatic rings. The fourth-order valence-electron chi connectivity index (χ4n) is 11.2. The molecule has 0 unspecified atom stereocenters. The van der Waals surface area contributed by atoms with Crippen molar-refractivity contribution in [1.82, 2.24) is 9.88 Å². The number of aromatic nitrogens is 1. The Morgan fingerprint density at radius 3 is 2.63 bits per heavy atom. The zero-order valence-electron chi connectivity index (χ0n) is 37.9. The van der Waals surface area contributed by atoms with Crippen LogP contribution in [0.15, 0.2) is 47.4 Å². The van der Waals surface area contributed by atoms with Crippen LogP contribution in [0.3, 0.4) is 0 Å². The van der Waals surface area contributed by atoms with Crippen molar-refractivity contribution in [2.24, 2.45) is 11.8 Å². The molecule has 0 amide bonds. The second-order valence-electron chi connectivity index (χ2n) is 18.7. The second kappa shape index (κ2) is 19.3. The number of allylic oxidation sites excluding steroid dienone is 3. The highest BCUT2D eigenvalue weighted by Crippen LogP contribution is 2.58. The number of rotatable bonds is 15. The molecule has 7 atom stereocenters. The highest BCUT2D eigenvalue weighted by Gasteiger charge is 2.51. The van der Waals surface area contributed by atoms with E-state index in [-0.39, 0.29) is 96.0 Å². The van der Waals surface area contributed by atoms with Crippen molar-refractivity contribution in [2.45, 2.75) is 134 Å². The molecule has 1 saturated heterocycles. The number of ether oxygens (including phenoxy) is 5. The van der Waals surface area contributed by atoms with Gasteiger partial charge in [-0.15, -0.1) is 0 Å². The molecule has 15 heteroatoms. The Kier molecular flexibility index (Phi) is 13.9. The molecule has 6 N–H and O–H groups in total. The molecule has 2 aliphatic carbocycles. The highest BCUT2D eigenvalue weighted by molar-refractivity contribution is 6.11. The van der Waals surface area contributed by atoms with Crippen LogP contribution in [0.2, 0.25) is 0 Å². The van der Waals surface area contributed by atoms with Gasteiger partial charge in [0.2, 0.25) is 5.76 Å². The number of Topliss-reactive ketones (excluding diaryl/α,β-unsaturated/α-hetero) is 1. The molecule has 352 valence electrons. The molecule has 8 rings (SSSR count). The zero-order chi connectivity index (χ0) is 46.2. The number of esters is 1. The molecule has 65 heavy (non-hydrogen) atoms. The van der Waals surface area contributed by atoms with Crippen LogP contribution in [0.25, 0.3) is 16.5 Å². The van der Waals surface area contributed by atoms with E-state index < -0.39 is 60.4 Å². The molecule has 5 aliphatic rings. The molecule has 15 nitrogen and oxygen atoms in total. The van der Waals surface area contributed by atoms with Crippen molar-refractivity contribution in [1.29, 1.82) is 0 Å². The van der Waals surface area contributed by atoms with Crippen LogP contribution in [0.1, 0.15) is 113 Å². The number of fused-ring (bicyclic) bond motifs is 3. The van der Waals surface area contributed by atoms with E-state index in [2.05, 4.69) is 16.8 Å². The number of piperidine rings is 1. The third-order valence-corrected chi connectivity index (χ3v) is 14.7. The number of methoxy groups -OCH3 is 1. The van der Waals surface area contributed by atoms with Crippen LogP contribution in [-0.2, 0) is 36.9 Å². The predicted octanol–water partition coefficient (Wildman–Crippen LogP) is 5.16. The lowest BCUT2D eigenvalue weighted by molar-refractivity contribution is -0.196. The summed E-state index contributed by atoms with van der Waals surface area (Å²) in [5.41, 5.74) is 1.76. The lowest BCUT2D eigenvalue weighted by Crippen LogP contribution is -2.54. The number of carbonyl (C=O) groups is 3. The van der Waals surface area contributed by atoms with E-state index in [4.69, 9.17) is 23.7 Å². The van der Waals surface area contributed by atoms with E-state index in [1.807, 2.05) is 30.5 Å². The average molecular weight is 901 g/mol. The Balaban J connectivity index is 1.30. The molecule has 3 aliphatic heterocycles. The van der Waals surface area contributed by atoms with Crippen molar-refractivity contribution in [3.8, 4) is 17.2 Å². The van der Waals surface area contributed by atoms with Gasteiger partial charge in [0.05, 0.1) is 36.5 Å². The topological polar surface area (TPSA) is 218 Å². The van der Waals surface area contributed by atoms with Gasteiger partial charge >= 0.3 is 5.97 Å². The van der Waals surface area contributed by atoms with Gasteiger partial charge in [-0.1, -0.05) is 18.6 Å². The van der Waals surface area contributed by atoms with E-state index in [1.54, 1.807) is 21.0 Å². The molecule has 1 aromatic heterocycles. The summed E-state index contributed by atoms with van der Waals surface area (Å²) in [6.07, 6.45) is 5.19. The first-order valence-corrected chi connectivity index (χ1v) is 23.3. The fraction of sp³-hybridized carbons (Fsp3) is 0.580. The van der Waals surface area contributed by atoms with Crippen LogP contribution in [-0.4, -0.2) is 123 Å². The molecular formula is C50H64N2O13. The van der Waals surface area contributed by atoms with Gasteiger partial charge in [0.1, 0.15) is 40.8 Å². The number of aliphatic hydroxyl groups excluding tert-OH is 2. The summed E-state index contributed by atoms with van der Waals surface area (Å²) >= 11 is 0. The first kappa shape index (κ1) is 46.9. The number of aldehydes is 1. The van der Waals surface area contributed by atoms with Gasteiger partial charge in [0.15, 0.2) is 12.1 Å². The molecule has 0 spiro atoms. The maximum atomic E-state index is 14.2. The molecular weight excluding hydrogens is 837 g/mol. The Morgan fingerprint density at radius 2 is 1.92 bits per heavy atom. The molecule has 2 saturated carbocycles. The van der Waals surface area contributed by atoms with Gasteiger partial charge in [-0.25, -0.2) is 4.79 Å². The normalized spacial score (nSPS) is 27.7. The minimum absolute atomic E-state index is 0.0223. The maximum Gasteiger partial charge on any atom is 0.375 e. The van der Waals surface area contributed by atoms with Crippen molar-refractivity contribution in [2.75, 3.05) is 40.0 Å². The Hall–Kier alpha value is -4.61. The van der Waals surface area contributed by atoms with Gasteiger partial charge in [0, 0.05) is 80.3 Å². The quantitative estimate of drug-likeness (QED) is 0.0503. The summed E-state index contributed by atoms with van der Waals surface area (Å²) in [5, 5.41) is 57.4. The standard InChI is InChI=1S/C50H64N2O13/c1-5-33-22-32(13-17-52(33)16-8-18-61-4)49(3,58)40-23-36-44(64-40)38(27-55)46-42(45(36)63-34-9-7-14-50(59,60)24-34)41(37(26-54)47(65-46)48(57)62-6-2)30-20-31(25-53)43(56)35(21-30)28-10-11-39-29(19-28)12-15-51-39/h10-12,15,19,26,31-35,40,51,53,55,58-60H,5-9,13-14,16-18,20-25,27H2,1-4H3/t31-,32-,33-,34-,35-,40+,49-/m1/s1. The molecule has 0 radical (unpaired) electrons. The summed E-state index contributed by atoms with van der Waals surface area (Å²) in [7, 11) is 1.70. The summed E-state index contributed by atoms with van der Waals surface area (Å²) in [6.45, 7) is 6.76. The molecule has 4 heterocycles. The van der Waals surface area contributed by atoms with E-state index >= 15 is 0 Å². The largest absolute Gasteiger partial charge is 0.489 e. The summed E-state index contributed by atoms with van der Waals surface area (Å²) in [5.74, 6) is -4.93. The summed E-state index contributed by atoms with van der Waals surface area (Å²) in [6, 6.07) is 7.83. The average Bonchev–Trinajstić information content (AvgIpc) is 3.97. The number of aromatic amines is 1. The maximum absolute atomic E-state index is 14.2. The number of likely N-dealkylation sites (tertiary alicyclic amines) is 1. The first-order valence-electron chi connectivity index (χ1n) is 23.3. The number of nitrogens with one attached hydrogen (secondary N) is 1. The minimum Gasteiger partial charge on any atom is -0.489 e. The highest BCUT2D eigenvalue weighted by atomic mass is 16.6.